The Morgan fingerprint density at radius 1 is 1.53 bits per heavy atom. The Balaban J connectivity index is 3.53. The molecule has 3 N–H and O–H groups in total. The Bertz CT molecular complexity index is 289. The summed E-state index contributed by atoms with van der Waals surface area (Å²) in [5.41, 5.74) is 5.27. The van der Waals surface area contributed by atoms with Crippen LogP contribution in [0.2, 0.25) is 0 Å². The van der Waals surface area contributed by atoms with E-state index in [0.29, 0.717) is 17.9 Å². The summed E-state index contributed by atoms with van der Waals surface area (Å²) < 4.78 is 22.2. The van der Waals surface area contributed by atoms with E-state index in [1.54, 1.807) is 6.92 Å². The third-order valence-electron chi connectivity index (χ3n) is 1.80. The lowest BCUT2D eigenvalue weighted by Gasteiger charge is -2.05. The van der Waals surface area contributed by atoms with E-state index in [1.807, 2.05) is 0 Å². The summed E-state index contributed by atoms with van der Waals surface area (Å²) in [5.74, 6) is 0.246. The molecule has 0 aliphatic heterocycles. The predicted molar refractivity (Wildman–Crippen MR) is 61.9 cm³/mol. The molecule has 0 amide bonds. The molecule has 0 saturated carbocycles. The Kier molecular flexibility index (Phi) is 6.95. The van der Waals surface area contributed by atoms with Crippen LogP contribution in [0.4, 0.5) is 0 Å². The fraction of sp³-hybridized carbons (Fsp3) is 0.875. The maximum atomic E-state index is 11.1. The summed E-state index contributed by atoms with van der Waals surface area (Å²) in [5, 5.41) is 8.47. The van der Waals surface area contributed by atoms with Gasteiger partial charge in [-0.15, -0.1) is 0 Å². The highest BCUT2D eigenvalue weighted by molar-refractivity contribution is 7.99. The zero-order valence-electron chi connectivity index (χ0n) is 8.68. The number of carbonyl (C=O) groups is 1. The molecule has 1 unspecified atom stereocenters. The van der Waals surface area contributed by atoms with Gasteiger partial charge in [0.05, 0.1) is 5.75 Å². The minimum atomic E-state index is -2.90. The monoisotopic (exact) mass is 255 g/mol. The molecule has 0 aromatic rings. The smallest absolute Gasteiger partial charge is 0.321 e. The molecule has 0 aromatic heterocycles. The van der Waals surface area contributed by atoms with E-state index in [4.69, 9.17) is 10.8 Å². The van der Waals surface area contributed by atoms with E-state index in [0.717, 1.165) is 0 Å². The molecule has 0 bridgehead atoms. The minimum Gasteiger partial charge on any atom is -0.480 e. The molecule has 0 aliphatic carbocycles. The first kappa shape index (κ1) is 14.7. The summed E-state index contributed by atoms with van der Waals surface area (Å²) in [7, 11) is -2.90. The maximum absolute atomic E-state index is 11.1. The molecule has 0 aliphatic rings. The number of carboxylic acid groups (broad SMARTS) is 1. The average molecular weight is 255 g/mol. The van der Waals surface area contributed by atoms with E-state index >= 15 is 0 Å². The molecule has 15 heavy (non-hydrogen) atoms. The van der Waals surface area contributed by atoms with Crippen LogP contribution >= 0.6 is 11.8 Å². The molecule has 5 nitrogen and oxygen atoms in total. The first-order valence-corrected chi connectivity index (χ1v) is 7.63. The van der Waals surface area contributed by atoms with E-state index in [2.05, 4.69) is 0 Å². The van der Waals surface area contributed by atoms with E-state index < -0.39 is 21.8 Å². The van der Waals surface area contributed by atoms with Crippen molar-refractivity contribution in [2.75, 3.05) is 23.0 Å². The number of thioether (sulfide) groups is 1. The normalized spacial score (nSPS) is 13.7. The summed E-state index contributed by atoms with van der Waals surface area (Å²) in [4.78, 5) is 10.3. The fourth-order valence-corrected chi connectivity index (χ4v) is 2.77. The van der Waals surface area contributed by atoms with Crippen molar-refractivity contribution in [3.63, 3.8) is 0 Å². The fourth-order valence-electron chi connectivity index (χ4n) is 0.807. The van der Waals surface area contributed by atoms with Gasteiger partial charge in [-0.1, -0.05) is 6.92 Å². The van der Waals surface area contributed by atoms with Crippen LogP contribution in [0.5, 0.6) is 0 Å². The van der Waals surface area contributed by atoms with Gasteiger partial charge in [0, 0.05) is 11.5 Å². The second-order valence-corrected chi connectivity index (χ2v) is 6.73. The molecular weight excluding hydrogens is 238 g/mol. The number of nitrogens with two attached hydrogens (primary N) is 1. The third kappa shape index (κ3) is 7.64. The Labute approximate surface area is 94.3 Å². The Morgan fingerprint density at radius 3 is 2.60 bits per heavy atom. The van der Waals surface area contributed by atoms with E-state index in [-0.39, 0.29) is 11.5 Å². The quantitative estimate of drug-likeness (QED) is 0.590. The Morgan fingerprint density at radius 2 is 2.13 bits per heavy atom. The molecule has 0 spiro atoms. The van der Waals surface area contributed by atoms with E-state index in [1.165, 1.54) is 11.8 Å². The Hall–Kier alpha value is -0.270. The van der Waals surface area contributed by atoms with Gasteiger partial charge in [-0.2, -0.15) is 11.8 Å². The van der Waals surface area contributed by atoms with Crippen molar-refractivity contribution in [3.8, 4) is 0 Å². The molecular formula is C8H17NO4S2. The van der Waals surface area contributed by atoms with Crippen LogP contribution in [-0.4, -0.2) is 48.5 Å². The molecule has 0 rings (SSSR count). The number of sulfone groups is 1. The highest BCUT2D eigenvalue weighted by Gasteiger charge is 2.11. The minimum absolute atomic E-state index is 0.159. The van der Waals surface area contributed by atoms with Gasteiger partial charge in [0.25, 0.3) is 0 Å². The van der Waals surface area contributed by atoms with Crippen molar-refractivity contribution in [3.05, 3.63) is 0 Å². The van der Waals surface area contributed by atoms with Gasteiger partial charge in [0.1, 0.15) is 15.9 Å². The van der Waals surface area contributed by atoms with Crippen LogP contribution in [0.25, 0.3) is 0 Å². The van der Waals surface area contributed by atoms with Crippen molar-refractivity contribution in [1.82, 2.24) is 0 Å². The van der Waals surface area contributed by atoms with Crippen LogP contribution in [0.15, 0.2) is 0 Å². The average Bonchev–Trinajstić information content (AvgIpc) is 2.16. The van der Waals surface area contributed by atoms with Crippen molar-refractivity contribution >= 4 is 27.6 Å². The van der Waals surface area contributed by atoms with Crippen molar-refractivity contribution in [1.29, 1.82) is 0 Å². The second-order valence-electron chi connectivity index (χ2n) is 3.11. The van der Waals surface area contributed by atoms with Crippen LogP contribution < -0.4 is 5.73 Å². The van der Waals surface area contributed by atoms with Gasteiger partial charge in [0.2, 0.25) is 0 Å². The van der Waals surface area contributed by atoms with Gasteiger partial charge >= 0.3 is 5.97 Å². The summed E-state index contributed by atoms with van der Waals surface area (Å²) >= 11 is 1.37. The summed E-state index contributed by atoms with van der Waals surface area (Å²) in [6, 6.07) is -0.863. The van der Waals surface area contributed by atoms with Crippen LogP contribution in [0.1, 0.15) is 13.3 Å². The molecule has 90 valence electrons. The van der Waals surface area contributed by atoms with Gasteiger partial charge in [-0.25, -0.2) is 8.42 Å². The van der Waals surface area contributed by atoms with E-state index in [9.17, 15) is 13.2 Å². The zero-order valence-corrected chi connectivity index (χ0v) is 10.3. The first-order valence-electron chi connectivity index (χ1n) is 4.65. The van der Waals surface area contributed by atoms with Gasteiger partial charge in [-0.3, -0.25) is 4.79 Å². The molecule has 0 saturated heterocycles. The number of hydrogen-bond acceptors (Lipinski definition) is 5. The maximum Gasteiger partial charge on any atom is 0.321 e. The largest absolute Gasteiger partial charge is 0.480 e. The topological polar surface area (TPSA) is 97.5 Å². The molecule has 1 atom stereocenters. The SMILES string of the molecule is CCS(=O)(=O)CCCSCC(N)C(=O)O. The highest BCUT2D eigenvalue weighted by Crippen LogP contribution is 2.05. The number of carboxylic acids is 1. The summed E-state index contributed by atoms with van der Waals surface area (Å²) in [6.45, 7) is 1.61. The van der Waals surface area contributed by atoms with Gasteiger partial charge in [0.15, 0.2) is 0 Å². The number of rotatable bonds is 8. The van der Waals surface area contributed by atoms with Gasteiger partial charge < -0.3 is 10.8 Å². The van der Waals surface area contributed by atoms with Crippen LogP contribution in [0, 0.1) is 0 Å². The third-order valence-corrected chi connectivity index (χ3v) is 4.76. The lowest BCUT2D eigenvalue weighted by molar-refractivity contribution is -0.137. The molecule has 0 heterocycles. The number of aliphatic carboxylic acids is 1. The molecule has 7 heteroatoms. The van der Waals surface area contributed by atoms with Crippen LogP contribution in [-0.2, 0) is 14.6 Å². The van der Waals surface area contributed by atoms with Crippen molar-refractivity contribution in [2.24, 2.45) is 5.73 Å². The lowest BCUT2D eigenvalue weighted by Crippen LogP contribution is -2.32. The van der Waals surface area contributed by atoms with Crippen molar-refractivity contribution in [2.45, 2.75) is 19.4 Å². The lowest BCUT2D eigenvalue weighted by atomic mass is 10.4. The van der Waals surface area contributed by atoms with Crippen molar-refractivity contribution < 1.29 is 18.3 Å². The predicted octanol–water partition coefficient (Wildman–Crippen LogP) is -0.0437. The second kappa shape index (κ2) is 7.08. The standard InChI is InChI=1S/C8H17NO4S2/c1-2-15(12,13)5-3-4-14-6-7(9)8(10)11/h7H,2-6,9H2,1H3,(H,10,11). The number of hydrogen-bond donors (Lipinski definition) is 2. The van der Waals surface area contributed by atoms with Gasteiger partial charge in [-0.05, 0) is 12.2 Å². The molecule has 0 radical (unpaired) electrons. The zero-order chi connectivity index (χ0) is 11.9. The summed E-state index contributed by atoms with van der Waals surface area (Å²) in [6.07, 6.45) is 0.549. The highest BCUT2D eigenvalue weighted by atomic mass is 32.2. The van der Waals surface area contributed by atoms with Crippen LogP contribution in [0.3, 0.4) is 0 Å². The molecule has 0 fully saturated rings. The molecule has 0 aromatic carbocycles. The first-order chi connectivity index (χ1) is 6.89.